The molecule has 0 aliphatic carbocycles. The number of nitrogens with zero attached hydrogens (tertiary/aromatic N) is 5. The number of anilines is 1. The molecule has 0 bridgehead atoms. The molecule has 1 saturated heterocycles. The van der Waals surface area contributed by atoms with E-state index in [4.69, 9.17) is 4.52 Å². The molecular formula is C21H26N6O2. The zero-order chi connectivity index (χ0) is 20.2. The van der Waals surface area contributed by atoms with Gasteiger partial charge in [0, 0.05) is 32.3 Å². The van der Waals surface area contributed by atoms with Crippen molar-refractivity contribution in [3.05, 3.63) is 59.2 Å². The van der Waals surface area contributed by atoms with Crippen LogP contribution in [0.4, 0.5) is 10.5 Å². The number of amides is 2. The topological polar surface area (TPSA) is 89.1 Å². The minimum atomic E-state index is -0.0937. The number of nitrogens with one attached hydrogen (secondary N) is 1. The number of likely N-dealkylation sites (tertiary alicyclic amines) is 1. The number of carbonyl (C=O) groups excluding carboxylic acids is 1. The second-order valence-corrected chi connectivity index (χ2v) is 7.65. The SMILES string of the molecule is Cc1noc(C)c1NC(=O)N1CCC(Cn2cc(Cc3ccccc3)nn2)CC1. The smallest absolute Gasteiger partial charge is 0.321 e. The molecule has 0 spiro atoms. The van der Waals surface area contributed by atoms with Crippen LogP contribution in [0.1, 0.15) is 35.6 Å². The fraction of sp³-hybridized carbons (Fsp3) is 0.429. The second kappa shape index (κ2) is 8.46. The first-order valence-corrected chi connectivity index (χ1v) is 10.00. The van der Waals surface area contributed by atoms with E-state index in [1.807, 2.05) is 40.9 Å². The summed E-state index contributed by atoms with van der Waals surface area (Å²) in [6.07, 6.45) is 4.72. The molecular weight excluding hydrogens is 368 g/mol. The third kappa shape index (κ3) is 4.64. The molecule has 2 aromatic heterocycles. The highest BCUT2D eigenvalue weighted by Gasteiger charge is 2.24. The van der Waals surface area contributed by atoms with Crippen LogP contribution in [0.2, 0.25) is 0 Å². The molecule has 29 heavy (non-hydrogen) atoms. The zero-order valence-corrected chi connectivity index (χ0v) is 16.8. The second-order valence-electron chi connectivity index (χ2n) is 7.65. The lowest BCUT2D eigenvalue weighted by atomic mass is 9.97. The van der Waals surface area contributed by atoms with Gasteiger partial charge in [-0.05, 0) is 38.2 Å². The molecule has 3 aromatic rings. The summed E-state index contributed by atoms with van der Waals surface area (Å²) >= 11 is 0. The van der Waals surface area contributed by atoms with Gasteiger partial charge in [0.15, 0.2) is 5.76 Å². The molecule has 0 unspecified atom stereocenters. The number of benzene rings is 1. The van der Waals surface area contributed by atoms with E-state index < -0.39 is 0 Å². The molecule has 1 aromatic carbocycles. The number of hydrogen-bond acceptors (Lipinski definition) is 5. The fourth-order valence-electron chi connectivity index (χ4n) is 3.74. The predicted octanol–water partition coefficient (Wildman–Crippen LogP) is 3.42. The van der Waals surface area contributed by atoms with E-state index in [-0.39, 0.29) is 6.03 Å². The maximum atomic E-state index is 12.5. The number of rotatable bonds is 5. The number of urea groups is 1. The standard InChI is InChI=1S/C21H26N6O2/c1-15-20(16(2)29-24-15)22-21(28)26-10-8-18(9-11-26)13-27-14-19(23-25-27)12-17-6-4-3-5-7-17/h3-7,14,18H,8-13H2,1-2H3,(H,22,28). The Bertz CT molecular complexity index is 937. The monoisotopic (exact) mass is 394 g/mol. The van der Waals surface area contributed by atoms with Crippen LogP contribution in [0.25, 0.3) is 0 Å². The van der Waals surface area contributed by atoms with Crippen LogP contribution in [0, 0.1) is 19.8 Å². The van der Waals surface area contributed by atoms with E-state index in [2.05, 4.69) is 32.9 Å². The maximum absolute atomic E-state index is 12.5. The van der Waals surface area contributed by atoms with Gasteiger partial charge < -0.3 is 14.7 Å². The van der Waals surface area contributed by atoms with Gasteiger partial charge in [-0.2, -0.15) is 0 Å². The summed E-state index contributed by atoms with van der Waals surface area (Å²) in [4.78, 5) is 14.4. The quantitative estimate of drug-likeness (QED) is 0.716. The lowest BCUT2D eigenvalue weighted by Crippen LogP contribution is -2.41. The Hall–Kier alpha value is -3.16. The Morgan fingerprint density at radius 1 is 1.21 bits per heavy atom. The van der Waals surface area contributed by atoms with Crippen molar-refractivity contribution >= 4 is 11.7 Å². The first-order chi connectivity index (χ1) is 14.1. The summed E-state index contributed by atoms with van der Waals surface area (Å²) in [7, 11) is 0. The van der Waals surface area contributed by atoms with E-state index in [9.17, 15) is 4.79 Å². The van der Waals surface area contributed by atoms with E-state index in [1.54, 1.807) is 6.92 Å². The Morgan fingerprint density at radius 3 is 2.66 bits per heavy atom. The molecule has 8 nitrogen and oxygen atoms in total. The van der Waals surface area contributed by atoms with Crippen molar-refractivity contribution in [1.82, 2.24) is 25.1 Å². The summed E-state index contributed by atoms with van der Waals surface area (Å²) in [5, 5.41) is 15.4. The first kappa shape index (κ1) is 19.2. The van der Waals surface area contributed by atoms with Crippen LogP contribution in [0.3, 0.4) is 0 Å². The van der Waals surface area contributed by atoms with Gasteiger partial charge in [-0.25, -0.2) is 4.79 Å². The molecule has 0 saturated carbocycles. The van der Waals surface area contributed by atoms with Crippen molar-refractivity contribution < 1.29 is 9.32 Å². The maximum Gasteiger partial charge on any atom is 0.321 e. The molecule has 0 radical (unpaired) electrons. The largest absolute Gasteiger partial charge is 0.359 e. The van der Waals surface area contributed by atoms with Crippen LogP contribution < -0.4 is 5.32 Å². The van der Waals surface area contributed by atoms with Crippen molar-refractivity contribution in [1.29, 1.82) is 0 Å². The number of hydrogen-bond donors (Lipinski definition) is 1. The van der Waals surface area contributed by atoms with Gasteiger partial charge in [0.25, 0.3) is 0 Å². The van der Waals surface area contributed by atoms with Crippen molar-refractivity contribution in [3.63, 3.8) is 0 Å². The van der Waals surface area contributed by atoms with Gasteiger partial charge in [0.2, 0.25) is 0 Å². The molecule has 2 amide bonds. The van der Waals surface area contributed by atoms with Gasteiger partial charge in [0.05, 0.1) is 5.69 Å². The lowest BCUT2D eigenvalue weighted by Gasteiger charge is -2.31. The Morgan fingerprint density at radius 2 is 1.97 bits per heavy atom. The summed E-state index contributed by atoms with van der Waals surface area (Å²) in [5.74, 6) is 1.12. The van der Waals surface area contributed by atoms with Crippen LogP contribution in [-0.2, 0) is 13.0 Å². The Kier molecular flexibility index (Phi) is 5.59. The summed E-state index contributed by atoms with van der Waals surface area (Å²) in [6.45, 7) is 5.91. The highest BCUT2D eigenvalue weighted by molar-refractivity contribution is 5.90. The molecule has 1 fully saturated rings. The summed E-state index contributed by atoms with van der Waals surface area (Å²) in [6, 6.07) is 10.2. The number of carbonyl (C=O) groups is 1. The van der Waals surface area contributed by atoms with Gasteiger partial charge in [-0.15, -0.1) is 5.10 Å². The fourth-order valence-corrected chi connectivity index (χ4v) is 3.74. The molecule has 1 aliphatic rings. The Labute approximate surface area is 169 Å². The predicted molar refractivity (Wildman–Crippen MR) is 109 cm³/mol. The highest BCUT2D eigenvalue weighted by atomic mass is 16.5. The van der Waals surface area contributed by atoms with E-state index >= 15 is 0 Å². The average molecular weight is 394 g/mol. The van der Waals surface area contributed by atoms with Crippen molar-refractivity contribution in [2.24, 2.45) is 5.92 Å². The van der Waals surface area contributed by atoms with Crippen molar-refractivity contribution in [3.8, 4) is 0 Å². The third-order valence-corrected chi connectivity index (χ3v) is 5.43. The highest BCUT2D eigenvalue weighted by Crippen LogP contribution is 2.22. The van der Waals surface area contributed by atoms with Crippen LogP contribution in [-0.4, -0.2) is 44.2 Å². The van der Waals surface area contributed by atoms with Crippen LogP contribution in [0.15, 0.2) is 41.1 Å². The average Bonchev–Trinajstić information content (AvgIpc) is 3.30. The van der Waals surface area contributed by atoms with E-state index in [1.165, 1.54) is 5.56 Å². The number of aryl methyl sites for hydroxylation is 2. The van der Waals surface area contributed by atoms with Crippen LogP contribution >= 0.6 is 0 Å². The molecule has 4 rings (SSSR count). The minimum Gasteiger partial charge on any atom is -0.359 e. The molecule has 8 heteroatoms. The molecule has 3 heterocycles. The molecule has 152 valence electrons. The minimum absolute atomic E-state index is 0.0937. The lowest BCUT2D eigenvalue weighted by molar-refractivity contribution is 0.175. The van der Waals surface area contributed by atoms with Gasteiger partial charge >= 0.3 is 6.03 Å². The normalized spacial score (nSPS) is 14.9. The van der Waals surface area contributed by atoms with Gasteiger partial charge in [-0.3, -0.25) is 4.68 Å². The van der Waals surface area contributed by atoms with Gasteiger partial charge in [0.1, 0.15) is 11.4 Å². The first-order valence-electron chi connectivity index (χ1n) is 10.00. The molecule has 1 N–H and O–H groups in total. The Balaban J connectivity index is 1.26. The number of aromatic nitrogens is 4. The van der Waals surface area contributed by atoms with Crippen molar-refractivity contribution in [2.75, 3.05) is 18.4 Å². The zero-order valence-electron chi connectivity index (χ0n) is 16.8. The molecule has 1 aliphatic heterocycles. The summed E-state index contributed by atoms with van der Waals surface area (Å²) < 4.78 is 7.04. The van der Waals surface area contributed by atoms with Crippen molar-refractivity contribution in [2.45, 2.75) is 39.7 Å². The summed E-state index contributed by atoms with van der Waals surface area (Å²) in [5.41, 5.74) is 3.58. The third-order valence-electron chi connectivity index (χ3n) is 5.43. The van der Waals surface area contributed by atoms with E-state index in [0.717, 1.165) is 44.6 Å². The number of piperidine rings is 1. The van der Waals surface area contributed by atoms with Gasteiger partial charge in [-0.1, -0.05) is 40.7 Å². The van der Waals surface area contributed by atoms with Crippen LogP contribution in [0.5, 0.6) is 0 Å². The molecule has 0 atom stereocenters. The van der Waals surface area contributed by atoms with E-state index in [0.29, 0.717) is 23.1 Å².